The van der Waals surface area contributed by atoms with E-state index < -0.39 is 0 Å². The number of phenols is 1. The first-order valence-electron chi connectivity index (χ1n) is 8.63. The molecule has 1 aliphatic rings. The molecule has 0 spiro atoms. The van der Waals surface area contributed by atoms with E-state index in [-0.39, 0.29) is 11.7 Å². The average molecular weight is 356 g/mol. The van der Waals surface area contributed by atoms with Crippen LogP contribution in [0.25, 0.3) is 0 Å². The van der Waals surface area contributed by atoms with Crippen molar-refractivity contribution in [3.8, 4) is 17.2 Å². The van der Waals surface area contributed by atoms with Crippen molar-refractivity contribution in [3.63, 3.8) is 0 Å². The first kappa shape index (κ1) is 18.1. The Kier molecular flexibility index (Phi) is 5.63. The molecule has 0 radical (unpaired) electrons. The summed E-state index contributed by atoms with van der Waals surface area (Å²) in [4.78, 5) is 16.7. The number of carbonyl (C=O) groups is 1. The van der Waals surface area contributed by atoms with Crippen molar-refractivity contribution in [2.24, 2.45) is 0 Å². The Balaban J connectivity index is 1.60. The number of benzene rings is 2. The Hall–Kier alpha value is -2.73. The molecule has 26 heavy (non-hydrogen) atoms. The van der Waals surface area contributed by atoms with Gasteiger partial charge in [-0.25, -0.2) is 0 Å². The molecule has 0 saturated carbocycles. The summed E-state index contributed by atoms with van der Waals surface area (Å²) in [7, 11) is 3.14. The van der Waals surface area contributed by atoms with Crippen LogP contribution in [0.2, 0.25) is 0 Å². The van der Waals surface area contributed by atoms with E-state index in [2.05, 4.69) is 4.90 Å². The van der Waals surface area contributed by atoms with E-state index in [1.807, 2.05) is 35.2 Å². The third kappa shape index (κ3) is 3.91. The maximum absolute atomic E-state index is 12.7. The molecule has 1 heterocycles. The molecule has 0 aromatic heterocycles. The normalized spacial score (nSPS) is 14.9. The molecule has 1 aliphatic heterocycles. The fraction of sp³-hybridized carbons (Fsp3) is 0.350. The standard InChI is InChI=1S/C20H24N2O4/c1-25-17-7-3-5-15(13-17)20(24)22-11-9-21(10-12-22)14-16-6-4-8-18(26-2)19(16)23/h3-8,13,23H,9-12,14H2,1-2H3. The van der Waals surface area contributed by atoms with Gasteiger partial charge in [-0.3, -0.25) is 9.69 Å². The van der Waals surface area contributed by atoms with Gasteiger partial charge in [-0.1, -0.05) is 18.2 Å². The molecule has 0 atom stereocenters. The molecule has 6 nitrogen and oxygen atoms in total. The Bertz CT molecular complexity index is 770. The third-order valence-electron chi connectivity index (χ3n) is 4.67. The van der Waals surface area contributed by atoms with Crippen molar-refractivity contribution in [2.45, 2.75) is 6.54 Å². The molecule has 1 fully saturated rings. The molecule has 0 aliphatic carbocycles. The van der Waals surface area contributed by atoms with Crippen LogP contribution < -0.4 is 9.47 Å². The number of nitrogens with zero attached hydrogens (tertiary/aromatic N) is 2. The maximum Gasteiger partial charge on any atom is 0.254 e. The van der Waals surface area contributed by atoms with Gasteiger partial charge in [0.15, 0.2) is 11.5 Å². The molecule has 1 N–H and O–H groups in total. The Labute approximate surface area is 153 Å². The number of amides is 1. The molecule has 1 saturated heterocycles. The van der Waals surface area contributed by atoms with Crippen LogP contribution in [0.3, 0.4) is 0 Å². The van der Waals surface area contributed by atoms with Gasteiger partial charge < -0.3 is 19.5 Å². The van der Waals surface area contributed by atoms with E-state index in [9.17, 15) is 9.90 Å². The number of phenolic OH excluding ortho intramolecular Hbond substituents is 1. The van der Waals surface area contributed by atoms with Crippen LogP contribution in [-0.2, 0) is 6.54 Å². The fourth-order valence-electron chi connectivity index (χ4n) is 3.15. The summed E-state index contributed by atoms with van der Waals surface area (Å²) in [5.41, 5.74) is 1.47. The second-order valence-corrected chi connectivity index (χ2v) is 6.27. The number of piperazine rings is 1. The number of carbonyl (C=O) groups excluding carboxylic acids is 1. The van der Waals surface area contributed by atoms with Crippen molar-refractivity contribution < 1.29 is 19.4 Å². The molecule has 3 rings (SSSR count). The minimum atomic E-state index is 0.0211. The maximum atomic E-state index is 12.7. The fourth-order valence-corrected chi connectivity index (χ4v) is 3.15. The lowest BCUT2D eigenvalue weighted by atomic mass is 10.1. The van der Waals surface area contributed by atoms with Gasteiger partial charge in [-0.05, 0) is 24.3 Å². The molecule has 0 bridgehead atoms. The highest BCUT2D eigenvalue weighted by Crippen LogP contribution is 2.30. The van der Waals surface area contributed by atoms with Gasteiger partial charge >= 0.3 is 0 Å². The van der Waals surface area contributed by atoms with Crippen molar-refractivity contribution in [2.75, 3.05) is 40.4 Å². The van der Waals surface area contributed by atoms with E-state index in [0.717, 1.165) is 18.7 Å². The zero-order valence-electron chi connectivity index (χ0n) is 15.1. The topological polar surface area (TPSA) is 62.2 Å². The van der Waals surface area contributed by atoms with Gasteiger partial charge in [0, 0.05) is 43.9 Å². The number of rotatable bonds is 5. The second-order valence-electron chi connectivity index (χ2n) is 6.27. The van der Waals surface area contributed by atoms with Crippen LogP contribution >= 0.6 is 0 Å². The van der Waals surface area contributed by atoms with Crippen LogP contribution in [0, 0.1) is 0 Å². The number of methoxy groups -OCH3 is 2. The summed E-state index contributed by atoms with van der Waals surface area (Å²) in [6, 6.07) is 12.7. The minimum Gasteiger partial charge on any atom is -0.504 e. The SMILES string of the molecule is COc1cccc(C(=O)N2CCN(Cc3cccc(OC)c3O)CC2)c1. The predicted octanol–water partition coefficient (Wildman–Crippen LogP) is 2.37. The van der Waals surface area contributed by atoms with Gasteiger partial charge in [-0.15, -0.1) is 0 Å². The smallest absolute Gasteiger partial charge is 0.254 e. The Morgan fingerprint density at radius 1 is 1.04 bits per heavy atom. The van der Waals surface area contributed by atoms with Crippen LogP contribution in [0.1, 0.15) is 15.9 Å². The first-order chi connectivity index (χ1) is 12.6. The van der Waals surface area contributed by atoms with E-state index >= 15 is 0 Å². The van der Waals surface area contributed by atoms with Gasteiger partial charge in [0.25, 0.3) is 5.91 Å². The quantitative estimate of drug-likeness (QED) is 0.891. The van der Waals surface area contributed by atoms with Crippen molar-refractivity contribution in [1.82, 2.24) is 9.80 Å². The highest BCUT2D eigenvalue weighted by Gasteiger charge is 2.23. The zero-order chi connectivity index (χ0) is 18.5. The minimum absolute atomic E-state index is 0.0211. The molecule has 2 aromatic rings. The van der Waals surface area contributed by atoms with Crippen molar-refractivity contribution in [1.29, 1.82) is 0 Å². The Morgan fingerprint density at radius 2 is 1.77 bits per heavy atom. The van der Waals surface area contributed by atoms with Crippen LogP contribution in [-0.4, -0.2) is 61.2 Å². The van der Waals surface area contributed by atoms with E-state index in [4.69, 9.17) is 9.47 Å². The molecule has 1 amide bonds. The summed E-state index contributed by atoms with van der Waals surface area (Å²) in [6.07, 6.45) is 0. The summed E-state index contributed by atoms with van der Waals surface area (Å²) in [5.74, 6) is 1.37. The summed E-state index contributed by atoms with van der Waals surface area (Å²) < 4.78 is 10.4. The van der Waals surface area contributed by atoms with E-state index in [1.165, 1.54) is 0 Å². The lowest BCUT2D eigenvalue weighted by Crippen LogP contribution is -2.48. The molecular weight excluding hydrogens is 332 g/mol. The summed E-state index contributed by atoms with van der Waals surface area (Å²) in [6.45, 7) is 3.45. The largest absolute Gasteiger partial charge is 0.504 e. The van der Waals surface area contributed by atoms with Gasteiger partial charge in [0.1, 0.15) is 5.75 Å². The Morgan fingerprint density at radius 3 is 2.46 bits per heavy atom. The monoisotopic (exact) mass is 356 g/mol. The highest BCUT2D eigenvalue weighted by atomic mass is 16.5. The molecular formula is C20H24N2O4. The second kappa shape index (κ2) is 8.10. The lowest BCUT2D eigenvalue weighted by Gasteiger charge is -2.35. The molecule has 6 heteroatoms. The van der Waals surface area contributed by atoms with Crippen LogP contribution in [0.15, 0.2) is 42.5 Å². The van der Waals surface area contributed by atoms with E-state index in [1.54, 1.807) is 26.4 Å². The van der Waals surface area contributed by atoms with Crippen LogP contribution in [0.5, 0.6) is 17.2 Å². The average Bonchev–Trinajstić information content (AvgIpc) is 2.69. The number of hydrogen-bond acceptors (Lipinski definition) is 5. The number of para-hydroxylation sites is 1. The number of hydrogen-bond donors (Lipinski definition) is 1. The molecule has 138 valence electrons. The zero-order valence-corrected chi connectivity index (χ0v) is 15.1. The number of ether oxygens (including phenoxy) is 2. The lowest BCUT2D eigenvalue weighted by molar-refractivity contribution is 0.0627. The number of aromatic hydroxyl groups is 1. The molecule has 2 aromatic carbocycles. The van der Waals surface area contributed by atoms with Crippen LogP contribution in [0.4, 0.5) is 0 Å². The summed E-state index contributed by atoms with van der Waals surface area (Å²) >= 11 is 0. The van der Waals surface area contributed by atoms with Gasteiger partial charge in [0.2, 0.25) is 0 Å². The predicted molar refractivity (Wildman–Crippen MR) is 98.8 cm³/mol. The molecule has 0 unspecified atom stereocenters. The summed E-state index contributed by atoms with van der Waals surface area (Å²) in [5, 5.41) is 10.2. The third-order valence-corrected chi connectivity index (χ3v) is 4.67. The van der Waals surface area contributed by atoms with Gasteiger partial charge in [0.05, 0.1) is 14.2 Å². The highest BCUT2D eigenvalue weighted by molar-refractivity contribution is 5.94. The van der Waals surface area contributed by atoms with E-state index in [0.29, 0.717) is 36.7 Å². The van der Waals surface area contributed by atoms with Crippen molar-refractivity contribution in [3.05, 3.63) is 53.6 Å². The van der Waals surface area contributed by atoms with Gasteiger partial charge in [-0.2, -0.15) is 0 Å². The van der Waals surface area contributed by atoms with Crippen molar-refractivity contribution >= 4 is 5.91 Å². The first-order valence-corrected chi connectivity index (χ1v) is 8.63.